The van der Waals surface area contributed by atoms with Gasteiger partial charge in [-0.1, -0.05) is 53.6 Å². The lowest BCUT2D eigenvalue weighted by Gasteiger charge is -2.46. The highest BCUT2D eigenvalue weighted by Gasteiger charge is 2.37. The molecule has 0 saturated carbocycles. The maximum atomic E-state index is 13.2. The lowest BCUT2D eigenvalue weighted by molar-refractivity contribution is -0.116. The lowest BCUT2D eigenvalue weighted by Crippen LogP contribution is -2.55. The van der Waals surface area contributed by atoms with E-state index in [0.717, 1.165) is 41.9 Å². The summed E-state index contributed by atoms with van der Waals surface area (Å²) in [4.78, 5) is 24.9. The summed E-state index contributed by atoms with van der Waals surface area (Å²) in [7, 11) is 0. The Hall–Kier alpha value is -4.57. The molecule has 4 aliphatic heterocycles. The van der Waals surface area contributed by atoms with Crippen LogP contribution in [-0.2, 0) is 9.53 Å². The van der Waals surface area contributed by atoms with E-state index in [1.165, 1.54) is 0 Å². The number of benzodiazepines with no additional fused rings is 1. The van der Waals surface area contributed by atoms with Crippen LogP contribution in [0, 0.1) is 0 Å². The van der Waals surface area contributed by atoms with E-state index in [2.05, 4.69) is 30.7 Å². The Morgan fingerprint density at radius 2 is 1.79 bits per heavy atom. The molecule has 6 heterocycles. The Morgan fingerprint density at radius 1 is 0.947 bits per heavy atom. The van der Waals surface area contributed by atoms with Crippen LogP contribution >= 0.6 is 0 Å². The van der Waals surface area contributed by atoms with E-state index in [4.69, 9.17) is 14.1 Å². The first-order valence-corrected chi connectivity index (χ1v) is 12.7. The Kier molecular flexibility index (Phi) is 5.58. The molecule has 1 amide bonds. The Balaban J connectivity index is 1.20. The number of hydrogen-bond donors (Lipinski definition) is 2. The van der Waals surface area contributed by atoms with E-state index < -0.39 is 6.17 Å². The van der Waals surface area contributed by atoms with Crippen LogP contribution in [0.25, 0.3) is 11.5 Å². The molecule has 0 spiro atoms. The summed E-state index contributed by atoms with van der Waals surface area (Å²) in [5.41, 5.74) is 3.85. The number of benzene rings is 2. The minimum Gasteiger partial charge on any atom is -0.403 e. The number of anilines is 3. The number of amides is 1. The second-order valence-corrected chi connectivity index (χ2v) is 9.55. The normalized spacial score (nSPS) is 22.3. The average molecular weight is 508 g/mol. The maximum Gasteiger partial charge on any atom is 0.317 e. The largest absolute Gasteiger partial charge is 0.403 e. The molecule has 2 aromatic heterocycles. The summed E-state index contributed by atoms with van der Waals surface area (Å²) in [6.45, 7) is 1.48. The summed E-state index contributed by atoms with van der Waals surface area (Å²) in [5.74, 6) is 0.796. The third-order valence-corrected chi connectivity index (χ3v) is 7.16. The average Bonchev–Trinajstić information content (AvgIpc) is 3.39. The van der Waals surface area contributed by atoms with Gasteiger partial charge in [-0.2, -0.15) is 0 Å². The predicted molar refractivity (Wildman–Crippen MR) is 142 cm³/mol. The zero-order valence-corrected chi connectivity index (χ0v) is 20.4. The minimum absolute atomic E-state index is 0.0977. The number of fused-ring (bicyclic) bond motifs is 4. The van der Waals surface area contributed by atoms with Gasteiger partial charge in [0.1, 0.15) is 5.82 Å². The van der Waals surface area contributed by atoms with Crippen molar-refractivity contribution in [2.24, 2.45) is 4.99 Å². The molecule has 2 N–H and O–H groups in total. The maximum absolute atomic E-state index is 13.2. The van der Waals surface area contributed by atoms with Crippen LogP contribution in [0.2, 0.25) is 0 Å². The molecule has 8 rings (SSSR count). The number of ether oxygens (including phenoxy) is 1. The van der Waals surface area contributed by atoms with Crippen LogP contribution in [0.4, 0.5) is 17.5 Å². The molecule has 10 nitrogen and oxygen atoms in total. The monoisotopic (exact) mass is 507 g/mol. The van der Waals surface area contributed by atoms with Gasteiger partial charge < -0.3 is 24.7 Å². The first kappa shape index (κ1) is 22.6. The molecule has 190 valence electrons. The number of aliphatic imine (C=N–C) groups is 1. The number of nitrogens with one attached hydrogen (secondary N) is 2. The van der Waals surface area contributed by atoms with Gasteiger partial charge in [-0.25, -0.2) is 9.98 Å². The number of hydrogen-bond acceptors (Lipinski definition) is 9. The summed E-state index contributed by atoms with van der Waals surface area (Å²) in [5, 5.41) is 14.5. The molecule has 3 saturated heterocycles. The number of carbonyl (C=O) groups is 1. The van der Waals surface area contributed by atoms with Crippen molar-refractivity contribution in [1.29, 1.82) is 0 Å². The number of aromatic nitrogens is 3. The summed E-state index contributed by atoms with van der Waals surface area (Å²) in [6.07, 6.45) is 3.14. The minimum atomic E-state index is -0.978. The van der Waals surface area contributed by atoms with Crippen molar-refractivity contribution in [2.45, 2.75) is 31.2 Å². The van der Waals surface area contributed by atoms with Gasteiger partial charge in [0.25, 0.3) is 11.8 Å². The zero-order chi connectivity index (χ0) is 25.5. The van der Waals surface area contributed by atoms with Crippen molar-refractivity contribution in [3.63, 3.8) is 0 Å². The standard InChI is InChI=1S/C28H25N7O3/c36-26-24(31-23(17-7-2-1-3-8-17)20-9-4-5-11-22(20)30-26)32-28-34-33-27(38-28)21-10-6-14-29-25(21)35-15-19-13-12-18(35)16-37-19/h1-11,14,18-19,24H,12-13,15-16H2,(H,30,36)(H,32,34)/t18-,19-,24?/m0/s1. The Labute approximate surface area is 218 Å². The van der Waals surface area contributed by atoms with Gasteiger partial charge in [0.2, 0.25) is 6.17 Å². The number of nitrogens with zero attached hydrogens (tertiary/aromatic N) is 5. The third-order valence-electron chi connectivity index (χ3n) is 7.16. The molecule has 3 atom stereocenters. The first-order valence-electron chi connectivity index (χ1n) is 12.7. The van der Waals surface area contributed by atoms with Crippen LogP contribution in [0.15, 0.2) is 82.3 Å². The van der Waals surface area contributed by atoms with Crippen LogP contribution in [0.3, 0.4) is 0 Å². The van der Waals surface area contributed by atoms with E-state index in [1.54, 1.807) is 6.20 Å². The van der Waals surface area contributed by atoms with E-state index in [-0.39, 0.29) is 24.1 Å². The highest BCUT2D eigenvalue weighted by Crippen LogP contribution is 2.36. The molecule has 38 heavy (non-hydrogen) atoms. The van der Waals surface area contributed by atoms with Gasteiger partial charge >= 0.3 is 6.01 Å². The van der Waals surface area contributed by atoms with Crippen LogP contribution in [-0.4, -0.2) is 58.3 Å². The summed E-state index contributed by atoms with van der Waals surface area (Å²) in [6, 6.07) is 21.5. The molecule has 1 unspecified atom stereocenters. The molecule has 0 radical (unpaired) electrons. The van der Waals surface area contributed by atoms with Gasteiger partial charge in [-0.3, -0.25) is 4.79 Å². The molecule has 4 aromatic rings. The van der Waals surface area contributed by atoms with Gasteiger partial charge in [-0.05, 0) is 31.0 Å². The predicted octanol–water partition coefficient (Wildman–Crippen LogP) is 3.73. The van der Waals surface area contributed by atoms with Crippen molar-refractivity contribution in [2.75, 3.05) is 28.7 Å². The molecular weight excluding hydrogens is 482 g/mol. The van der Waals surface area contributed by atoms with Crippen molar-refractivity contribution >= 4 is 29.1 Å². The molecule has 0 aliphatic carbocycles. The number of morpholine rings is 1. The van der Waals surface area contributed by atoms with E-state index in [0.29, 0.717) is 23.9 Å². The van der Waals surface area contributed by atoms with Gasteiger partial charge in [0, 0.05) is 23.9 Å². The number of piperidine rings is 1. The Morgan fingerprint density at radius 3 is 2.61 bits per heavy atom. The summed E-state index contributed by atoms with van der Waals surface area (Å²) >= 11 is 0. The van der Waals surface area contributed by atoms with Gasteiger partial charge in [0.15, 0.2) is 0 Å². The second kappa shape index (κ2) is 9.38. The number of pyridine rings is 1. The SMILES string of the molecule is O=C1Nc2ccccc2C(c2ccccc2)=NC1Nc1nnc(-c2cccnc2N2C[C@@H]3CC[C@H]2CO3)o1. The molecular formula is C28H25N7O3. The number of carbonyl (C=O) groups excluding carboxylic acids is 1. The van der Waals surface area contributed by atoms with Crippen molar-refractivity contribution in [3.8, 4) is 11.5 Å². The topological polar surface area (TPSA) is 118 Å². The van der Waals surface area contributed by atoms with Crippen LogP contribution < -0.4 is 15.5 Å². The summed E-state index contributed by atoms with van der Waals surface area (Å²) < 4.78 is 11.9. The quantitative estimate of drug-likeness (QED) is 0.420. The molecule has 4 aliphatic rings. The fraction of sp³-hybridized carbons (Fsp3) is 0.250. The van der Waals surface area contributed by atoms with Crippen molar-refractivity contribution < 1.29 is 13.9 Å². The van der Waals surface area contributed by atoms with Gasteiger partial charge in [-0.15, -0.1) is 5.10 Å². The van der Waals surface area contributed by atoms with Crippen LogP contribution in [0.1, 0.15) is 24.0 Å². The molecule has 10 heteroatoms. The Bertz CT molecular complexity index is 1510. The fourth-order valence-corrected chi connectivity index (χ4v) is 5.29. The number of para-hydroxylation sites is 1. The van der Waals surface area contributed by atoms with E-state index >= 15 is 0 Å². The van der Waals surface area contributed by atoms with E-state index in [9.17, 15) is 4.79 Å². The van der Waals surface area contributed by atoms with Gasteiger partial charge in [0.05, 0.1) is 35.7 Å². The molecule has 3 fully saturated rings. The molecule has 2 bridgehead atoms. The second-order valence-electron chi connectivity index (χ2n) is 9.55. The fourth-order valence-electron chi connectivity index (χ4n) is 5.29. The molecule has 2 aromatic carbocycles. The smallest absolute Gasteiger partial charge is 0.317 e. The lowest BCUT2D eigenvalue weighted by atomic mass is 9.96. The highest BCUT2D eigenvalue weighted by atomic mass is 16.5. The number of rotatable bonds is 5. The van der Waals surface area contributed by atoms with Crippen molar-refractivity contribution in [3.05, 3.63) is 84.1 Å². The van der Waals surface area contributed by atoms with Crippen LogP contribution in [0.5, 0.6) is 0 Å². The zero-order valence-electron chi connectivity index (χ0n) is 20.4. The first-order chi connectivity index (χ1) is 18.7. The third kappa shape index (κ3) is 4.08. The van der Waals surface area contributed by atoms with E-state index in [1.807, 2.05) is 66.7 Å². The van der Waals surface area contributed by atoms with Crippen molar-refractivity contribution in [1.82, 2.24) is 15.2 Å². The highest BCUT2D eigenvalue weighted by molar-refractivity contribution is 6.19.